The van der Waals surface area contributed by atoms with Gasteiger partial charge in [-0.25, -0.2) is 0 Å². The van der Waals surface area contributed by atoms with Gasteiger partial charge in [-0.15, -0.1) is 0 Å². The van der Waals surface area contributed by atoms with Crippen LogP contribution in [0.4, 0.5) is 5.69 Å². The summed E-state index contributed by atoms with van der Waals surface area (Å²) >= 11 is 0. The van der Waals surface area contributed by atoms with E-state index in [-0.39, 0.29) is 11.8 Å². The summed E-state index contributed by atoms with van der Waals surface area (Å²) < 4.78 is 5.74. The smallest absolute Gasteiger partial charge is 0.269 e. The molecule has 0 aromatic heterocycles. The molecule has 0 spiro atoms. The van der Waals surface area contributed by atoms with Crippen LogP contribution < -0.4 is 4.74 Å². The van der Waals surface area contributed by atoms with E-state index in [2.05, 4.69) is 6.58 Å². The van der Waals surface area contributed by atoms with E-state index < -0.39 is 4.92 Å². The first-order valence-electron chi connectivity index (χ1n) is 5.79. The lowest BCUT2D eigenvalue weighted by molar-refractivity contribution is -0.384. The molecule has 4 heteroatoms. The maximum Gasteiger partial charge on any atom is 0.269 e. The first kappa shape index (κ1) is 12.8. The van der Waals surface area contributed by atoms with Crippen LogP contribution >= 0.6 is 0 Å². The number of nitrogens with zero attached hydrogens (tertiary/aromatic N) is 1. The summed E-state index contributed by atoms with van der Waals surface area (Å²) in [5.41, 5.74) is 1.03. The molecular weight excluding hydrogens is 242 g/mol. The Balaban J connectivity index is 2.15. The number of ether oxygens (including phenoxy) is 1. The Hall–Kier alpha value is -2.62. The normalized spacial score (nSPS) is 11.6. The molecule has 2 rings (SSSR count). The van der Waals surface area contributed by atoms with Crippen molar-refractivity contribution in [1.82, 2.24) is 0 Å². The van der Waals surface area contributed by atoms with Crippen molar-refractivity contribution in [3.8, 4) is 5.75 Å². The minimum absolute atomic E-state index is 0.0437. The monoisotopic (exact) mass is 255 g/mol. The molecule has 0 saturated carbocycles. The van der Waals surface area contributed by atoms with E-state index in [1.807, 2.05) is 30.3 Å². The first-order valence-corrected chi connectivity index (χ1v) is 5.79. The number of benzene rings is 2. The highest BCUT2D eigenvalue weighted by Crippen LogP contribution is 2.24. The lowest BCUT2D eigenvalue weighted by Gasteiger charge is -2.15. The number of rotatable bonds is 5. The molecule has 0 saturated heterocycles. The van der Waals surface area contributed by atoms with Gasteiger partial charge in [0.25, 0.3) is 5.69 Å². The second-order valence-electron chi connectivity index (χ2n) is 3.94. The zero-order valence-electron chi connectivity index (χ0n) is 10.2. The number of hydrogen-bond acceptors (Lipinski definition) is 3. The molecule has 0 N–H and O–H groups in total. The Morgan fingerprint density at radius 2 is 1.74 bits per heavy atom. The minimum Gasteiger partial charge on any atom is -0.482 e. The van der Waals surface area contributed by atoms with E-state index in [1.54, 1.807) is 18.2 Å². The summed E-state index contributed by atoms with van der Waals surface area (Å²) in [5, 5.41) is 10.6. The van der Waals surface area contributed by atoms with Crippen LogP contribution in [0.1, 0.15) is 11.7 Å². The molecule has 0 heterocycles. The summed E-state index contributed by atoms with van der Waals surface area (Å²) in [6.07, 6.45) is 1.42. The predicted octanol–water partition coefficient (Wildman–Crippen LogP) is 3.90. The average molecular weight is 255 g/mol. The zero-order valence-corrected chi connectivity index (χ0v) is 10.2. The third-order valence-corrected chi connectivity index (χ3v) is 2.65. The number of nitro benzene ring substituents is 1. The second-order valence-corrected chi connectivity index (χ2v) is 3.94. The maximum absolute atomic E-state index is 10.6. The van der Waals surface area contributed by atoms with Gasteiger partial charge in [0.05, 0.1) is 4.92 Å². The Bertz CT molecular complexity index is 564. The Labute approximate surface area is 111 Å². The van der Waals surface area contributed by atoms with E-state index in [0.717, 1.165) is 5.56 Å². The van der Waals surface area contributed by atoms with E-state index in [9.17, 15) is 10.1 Å². The van der Waals surface area contributed by atoms with Gasteiger partial charge < -0.3 is 4.74 Å². The molecule has 0 amide bonds. The van der Waals surface area contributed by atoms with E-state index >= 15 is 0 Å². The van der Waals surface area contributed by atoms with Crippen molar-refractivity contribution >= 4 is 5.69 Å². The van der Waals surface area contributed by atoms with Crippen molar-refractivity contribution in [3.05, 3.63) is 82.9 Å². The SMILES string of the molecule is C=C[C@H](Oc1ccc([N+](=O)[O-])cc1)c1ccccc1. The third-order valence-electron chi connectivity index (χ3n) is 2.65. The van der Waals surface area contributed by atoms with Crippen molar-refractivity contribution in [1.29, 1.82) is 0 Å². The first-order chi connectivity index (χ1) is 9.20. The summed E-state index contributed by atoms with van der Waals surface area (Å²) in [4.78, 5) is 10.1. The van der Waals surface area contributed by atoms with Gasteiger partial charge in [0.15, 0.2) is 0 Å². The van der Waals surface area contributed by atoms with Crippen LogP contribution in [0, 0.1) is 10.1 Å². The molecule has 19 heavy (non-hydrogen) atoms. The Kier molecular flexibility index (Phi) is 3.93. The molecule has 96 valence electrons. The standard InChI is InChI=1S/C15H13NO3/c1-2-15(12-6-4-3-5-7-12)19-14-10-8-13(9-11-14)16(17)18/h2-11,15H,1H2/t15-/m0/s1. The van der Waals surface area contributed by atoms with Crippen molar-refractivity contribution in [2.75, 3.05) is 0 Å². The van der Waals surface area contributed by atoms with E-state index in [0.29, 0.717) is 5.75 Å². The van der Waals surface area contributed by atoms with Gasteiger partial charge in [0.2, 0.25) is 0 Å². The van der Waals surface area contributed by atoms with Crippen molar-refractivity contribution in [3.63, 3.8) is 0 Å². The maximum atomic E-state index is 10.6. The number of hydrogen-bond donors (Lipinski definition) is 0. The molecule has 2 aromatic carbocycles. The molecule has 0 fully saturated rings. The largest absolute Gasteiger partial charge is 0.482 e. The second kappa shape index (κ2) is 5.82. The molecule has 0 aliphatic carbocycles. The quantitative estimate of drug-likeness (QED) is 0.462. The molecular formula is C15H13NO3. The fourth-order valence-corrected chi connectivity index (χ4v) is 1.69. The van der Waals surface area contributed by atoms with E-state index in [4.69, 9.17) is 4.74 Å². The van der Waals surface area contributed by atoms with Gasteiger partial charge in [0.1, 0.15) is 11.9 Å². The van der Waals surface area contributed by atoms with Crippen molar-refractivity contribution in [2.45, 2.75) is 6.10 Å². The van der Waals surface area contributed by atoms with Crippen LogP contribution in [0.5, 0.6) is 5.75 Å². The van der Waals surface area contributed by atoms with Crippen LogP contribution in [0.2, 0.25) is 0 Å². The lowest BCUT2D eigenvalue weighted by atomic mass is 10.1. The molecule has 4 nitrogen and oxygen atoms in total. The third kappa shape index (κ3) is 3.19. The molecule has 1 atom stereocenters. The predicted molar refractivity (Wildman–Crippen MR) is 73.1 cm³/mol. The van der Waals surface area contributed by atoms with Crippen molar-refractivity contribution < 1.29 is 9.66 Å². The number of non-ortho nitro benzene ring substituents is 1. The van der Waals surface area contributed by atoms with Crippen LogP contribution in [0.25, 0.3) is 0 Å². The lowest BCUT2D eigenvalue weighted by Crippen LogP contribution is -2.04. The van der Waals surface area contributed by atoms with Crippen molar-refractivity contribution in [2.24, 2.45) is 0 Å². The highest BCUT2D eigenvalue weighted by Gasteiger charge is 2.10. The van der Waals surface area contributed by atoms with Gasteiger partial charge >= 0.3 is 0 Å². The van der Waals surface area contributed by atoms with Gasteiger partial charge in [-0.3, -0.25) is 10.1 Å². The Morgan fingerprint density at radius 3 is 2.26 bits per heavy atom. The number of nitro groups is 1. The van der Waals surface area contributed by atoms with Gasteiger partial charge in [-0.05, 0) is 23.8 Å². The van der Waals surface area contributed by atoms with Gasteiger partial charge in [-0.2, -0.15) is 0 Å². The summed E-state index contributed by atoms with van der Waals surface area (Å²) in [7, 11) is 0. The van der Waals surface area contributed by atoms with Gasteiger partial charge in [0, 0.05) is 12.1 Å². The molecule has 2 aromatic rings. The Morgan fingerprint density at radius 1 is 1.11 bits per heavy atom. The minimum atomic E-state index is -0.439. The fraction of sp³-hybridized carbons (Fsp3) is 0.0667. The van der Waals surface area contributed by atoms with Crippen LogP contribution in [-0.2, 0) is 0 Å². The van der Waals surface area contributed by atoms with Gasteiger partial charge in [-0.1, -0.05) is 36.9 Å². The topological polar surface area (TPSA) is 52.4 Å². The molecule has 0 bridgehead atoms. The average Bonchev–Trinajstić information content (AvgIpc) is 2.46. The highest BCUT2D eigenvalue weighted by atomic mass is 16.6. The summed E-state index contributed by atoms with van der Waals surface area (Å²) in [6.45, 7) is 3.75. The molecule has 0 aliphatic heterocycles. The molecule has 0 aliphatic rings. The van der Waals surface area contributed by atoms with E-state index in [1.165, 1.54) is 12.1 Å². The zero-order chi connectivity index (χ0) is 13.7. The molecule has 0 radical (unpaired) electrons. The van der Waals surface area contributed by atoms with Crippen LogP contribution in [0.15, 0.2) is 67.3 Å². The summed E-state index contributed by atoms with van der Waals surface area (Å²) in [5.74, 6) is 0.569. The molecule has 0 unspecified atom stereocenters. The van der Waals surface area contributed by atoms with Crippen LogP contribution in [-0.4, -0.2) is 4.92 Å². The van der Waals surface area contributed by atoms with Crippen LogP contribution in [0.3, 0.4) is 0 Å². The highest BCUT2D eigenvalue weighted by molar-refractivity contribution is 5.36. The summed E-state index contributed by atoms with van der Waals surface area (Å²) in [6, 6.07) is 15.6. The fourth-order valence-electron chi connectivity index (χ4n) is 1.69.